The predicted molar refractivity (Wildman–Crippen MR) is 71.7 cm³/mol. The molecule has 0 saturated heterocycles. The van der Waals surface area contributed by atoms with Gasteiger partial charge in [0.2, 0.25) is 0 Å². The molecule has 0 fully saturated rings. The molecule has 5 heteroatoms. The molecular formula is C15H21F3O2. The Balaban J connectivity index is 2.30. The fourth-order valence-corrected chi connectivity index (χ4v) is 1.82. The van der Waals surface area contributed by atoms with Crippen LogP contribution in [0.3, 0.4) is 0 Å². The van der Waals surface area contributed by atoms with Crippen LogP contribution in [0, 0.1) is 0 Å². The normalized spacial score (nSPS) is 13.8. The van der Waals surface area contributed by atoms with Gasteiger partial charge in [-0.25, -0.2) is 0 Å². The van der Waals surface area contributed by atoms with Crippen LogP contribution in [0.4, 0.5) is 13.2 Å². The summed E-state index contributed by atoms with van der Waals surface area (Å²) >= 11 is 0. The monoisotopic (exact) mass is 290 g/mol. The number of halogens is 3. The van der Waals surface area contributed by atoms with E-state index in [-0.39, 0.29) is 13.0 Å². The fourth-order valence-electron chi connectivity index (χ4n) is 1.82. The maximum Gasteiger partial charge on any atom is 0.411 e. The number of benzene rings is 1. The average Bonchev–Trinajstić information content (AvgIpc) is 2.34. The summed E-state index contributed by atoms with van der Waals surface area (Å²) in [5.41, 5.74) is 2.19. The molecule has 0 aliphatic carbocycles. The van der Waals surface area contributed by atoms with Gasteiger partial charge in [-0.3, -0.25) is 0 Å². The summed E-state index contributed by atoms with van der Waals surface area (Å²) in [7, 11) is 0. The van der Waals surface area contributed by atoms with Crippen molar-refractivity contribution >= 4 is 0 Å². The van der Waals surface area contributed by atoms with Gasteiger partial charge in [-0.1, -0.05) is 38.1 Å². The van der Waals surface area contributed by atoms with Crippen molar-refractivity contribution in [1.82, 2.24) is 0 Å². The molecule has 0 aliphatic heterocycles. The van der Waals surface area contributed by atoms with Gasteiger partial charge in [0.25, 0.3) is 0 Å². The minimum atomic E-state index is -4.31. The molecule has 114 valence electrons. The molecular weight excluding hydrogens is 269 g/mol. The maximum absolute atomic E-state index is 11.8. The van der Waals surface area contributed by atoms with Gasteiger partial charge in [0.15, 0.2) is 0 Å². The number of aliphatic hydroxyl groups excluding tert-OH is 1. The van der Waals surface area contributed by atoms with E-state index in [1.54, 1.807) is 0 Å². The summed E-state index contributed by atoms with van der Waals surface area (Å²) in [4.78, 5) is 0. The lowest BCUT2D eigenvalue weighted by atomic mass is 9.99. The lowest BCUT2D eigenvalue weighted by Gasteiger charge is -2.13. The molecule has 20 heavy (non-hydrogen) atoms. The largest absolute Gasteiger partial charge is 0.411 e. The second kappa shape index (κ2) is 7.64. The van der Waals surface area contributed by atoms with Crippen molar-refractivity contribution in [2.75, 3.05) is 13.2 Å². The van der Waals surface area contributed by atoms with Crippen LogP contribution in [0.25, 0.3) is 0 Å². The van der Waals surface area contributed by atoms with Gasteiger partial charge in [0.1, 0.15) is 6.61 Å². The van der Waals surface area contributed by atoms with E-state index in [9.17, 15) is 18.3 Å². The Bertz CT molecular complexity index is 385. The zero-order valence-electron chi connectivity index (χ0n) is 11.8. The van der Waals surface area contributed by atoms with E-state index < -0.39 is 18.9 Å². The van der Waals surface area contributed by atoms with Crippen molar-refractivity contribution in [3.8, 4) is 0 Å². The molecule has 1 N–H and O–H groups in total. The second-order valence-corrected chi connectivity index (χ2v) is 5.21. The molecule has 0 aliphatic rings. The van der Waals surface area contributed by atoms with Crippen LogP contribution >= 0.6 is 0 Å². The van der Waals surface area contributed by atoms with Crippen LogP contribution in [-0.4, -0.2) is 30.6 Å². The van der Waals surface area contributed by atoms with Crippen molar-refractivity contribution in [3.05, 3.63) is 35.4 Å². The molecule has 0 radical (unpaired) electrons. The van der Waals surface area contributed by atoms with Crippen LogP contribution in [0.2, 0.25) is 0 Å². The molecule has 1 unspecified atom stereocenters. The minimum Gasteiger partial charge on any atom is -0.393 e. The molecule has 1 aromatic carbocycles. The molecule has 1 atom stereocenters. The summed E-state index contributed by atoms with van der Waals surface area (Å²) in [6.45, 7) is 2.84. The lowest BCUT2D eigenvalue weighted by molar-refractivity contribution is -0.175. The third kappa shape index (κ3) is 6.91. The quantitative estimate of drug-likeness (QED) is 0.776. The van der Waals surface area contributed by atoms with Gasteiger partial charge in [-0.05, 0) is 29.9 Å². The Kier molecular flexibility index (Phi) is 6.49. The zero-order valence-corrected chi connectivity index (χ0v) is 11.8. The van der Waals surface area contributed by atoms with Crippen molar-refractivity contribution in [3.63, 3.8) is 0 Å². The number of hydrogen-bond donors (Lipinski definition) is 1. The molecule has 2 nitrogen and oxygen atoms in total. The van der Waals surface area contributed by atoms with E-state index in [4.69, 9.17) is 0 Å². The average molecular weight is 290 g/mol. The molecule has 0 amide bonds. The fraction of sp³-hybridized carbons (Fsp3) is 0.600. The van der Waals surface area contributed by atoms with Gasteiger partial charge in [-0.2, -0.15) is 13.2 Å². The third-order valence-electron chi connectivity index (χ3n) is 2.98. The Morgan fingerprint density at radius 2 is 1.75 bits per heavy atom. The first-order valence-electron chi connectivity index (χ1n) is 6.69. The molecule has 0 spiro atoms. The van der Waals surface area contributed by atoms with E-state index in [1.165, 1.54) is 5.56 Å². The molecule has 0 saturated carbocycles. The van der Waals surface area contributed by atoms with Gasteiger partial charge >= 0.3 is 6.18 Å². The first-order valence-corrected chi connectivity index (χ1v) is 6.69. The van der Waals surface area contributed by atoms with Crippen molar-refractivity contribution in [2.45, 2.75) is 44.9 Å². The summed E-state index contributed by atoms with van der Waals surface area (Å²) in [5.74, 6) is 0.449. The SMILES string of the molecule is CC(C)c1ccc(CC(O)CCOCC(F)(F)F)cc1. The second-order valence-electron chi connectivity index (χ2n) is 5.21. The van der Waals surface area contributed by atoms with Gasteiger partial charge in [0.05, 0.1) is 6.10 Å². The number of alkyl halides is 3. The van der Waals surface area contributed by atoms with E-state index >= 15 is 0 Å². The number of hydrogen-bond acceptors (Lipinski definition) is 2. The Hall–Kier alpha value is -1.07. The highest BCUT2D eigenvalue weighted by molar-refractivity contribution is 5.25. The van der Waals surface area contributed by atoms with Crippen LogP contribution < -0.4 is 0 Å². The number of ether oxygens (including phenoxy) is 1. The van der Waals surface area contributed by atoms with Crippen molar-refractivity contribution < 1.29 is 23.0 Å². The molecule has 0 aromatic heterocycles. The highest BCUT2D eigenvalue weighted by Gasteiger charge is 2.27. The summed E-state index contributed by atoms with van der Waals surface area (Å²) in [6.07, 6.45) is -4.37. The van der Waals surface area contributed by atoms with Gasteiger partial charge in [0, 0.05) is 6.61 Å². The third-order valence-corrected chi connectivity index (χ3v) is 2.98. The standard InChI is InChI=1S/C15H21F3O2/c1-11(2)13-5-3-12(4-6-13)9-14(19)7-8-20-10-15(16,17)18/h3-6,11,14,19H,7-10H2,1-2H3. The topological polar surface area (TPSA) is 29.5 Å². The summed E-state index contributed by atoms with van der Waals surface area (Å²) in [6, 6.07) is 7.89. The highest BCUT2D eigenvalue weighted by Crippen LogP contribution is 2.17. The summed E-state index contributed by atoms with van der Waals surface area (Å²) in [5, 5.41) is 9.75. The Morgan fingerprint density at radius 3 is 2.25 bits per heavy atom. The van der Waals surface area contributed by atoms with E-state index in [0.717, 1.165) is 5.56 Å². The van der Waals surface area contributed by atoms with Crippen LogP contribution in [0.5, 0.6) is 0 Å². The van der Waals surface area contributed by atoms with Crippen molar-refractivity contribution in [1.29, 1.82) is 0 Å². The van der Waals surface area contributed by atoms with Crippen LogP contribution in [0.15, 0.2) is 24.3 Å². The molecule has 1 rings (SSSR count). The smallest absolute Gasteiger partial charge is 0.393 e. The lowest BCUT2D eigenvalue weighted by Crippen LogP contribution is -2.20. The first-order chi connectivity index (χ1) is 9.28. The predicted octanol–water partition coefficient (Wildman–Crippen LogP) is 3.68. The number of rotatable bonds is 7. The van der Waals surface area contributed by atoms with Crippen LogP contribution in [0.1, 0.15) is 37.3 Å². The van der Waals surface area contributed by atoms with E-state index in [1.807, 2.05) is 24.3 Å². The molecule has 0 bridgehead atoms. The first kappa shape index (κ1) is 17.0. The Morgan fingerprint density at radius 1 is 1.15 bits per heavy atom. The van der Waals surface area contributed by atoms with Crippen LogP contribution in [-0.2, 0) is 11.2 Å². The zero-order chi connectivity index (χ0) is 15.2. The molecule has 0 heterocycles. The van der Waals surface area contributed by atoms with Crippen molar-refractivity contribution in [2.24, 2.45) is 0 Å². The number of aliphatic hydroxyl groups is 1. The van der Waals surface area contributed by atoms with Gasteiger partial charge < -0.3 is 9.84 Å². The van der Waals surface area contributed by atoms with E-state index in [0.29, 0.717) is 12.3 Å². The summed E-state index contributed by atoms with van der Waals surface area (Å²) < 4.78 is 40.0. The van der Waals surface area contributed by atoms with E-state index in [2.05, 4.69) is 18.6 Å². The maximum atomic E-state index is 11.8. The minimum absolute atomic E-state index is 0.0925. The Labute approximate surface area is 117 Å². The van der Waals surface area contributed by atoms with Gasteiger partial charge in [-0.15, -0.1) is 0 Å². The highest BCUT2D eigenvalue weighted by atomic mass is 19.4. The molecule has 1 aromatic rings.